The van der Waals surface area contributed by atoms with Gasteiger partial charge in [-0.15, -0.1) is 0 Å². The Morgan fingerprint density at radius 3 is 2.45 bits per heavy atom. The summed E-state index contributed by atoms with van der Waals surface area (Å²) in [5, 5.41) is 1.02. The number of aromatic nitrogens is 2. The number of nitrogens with zero attached hydrogens (tertiary/aromatic N) is 3. The molecule has 4 nitrogen and oxygen atoms in total. The van der Waals surface area contributed by atoms with Crippen LogP contribution in [-0.4, -0.2) is 34.1 Å². The van der Waals surface area contributed by atoms with Gasteiger partial charge >= 0.3 is 0 Å². The van der Waals surface area contributed by atoms with Crippen LogP contribution in [0.5, 0.6) is 0 Å². The van der Waals surface area contributed by atoms with Crippen LogP contribution in [0.15, 0.2) is 12.1 Å². The first-order chi connectivity index (χ1) is 9.47. The van der Waals surface area contributed by atoms with Crippen molar-refractivity contribution < 1.29 is 0 Å². The minimum absolute atomic E-state index is 0.220. The summed E-state index contributed by atoms with van der Waals surface area (Å²) >= 11 is 12.1. The van der Waals surface area contributed by atoms with Gasteiger partial charge in [0.1, 0.15) is 0 Å². The average Bonchev–Trinajstić information content (AvgIpc) is 2.71. The van der Waals surface area contributed by atoms with Gasteiger partial charge in [-0.2, -0.15) is 0 Å². The van der Waals surface area contributed by atoms with E-state index < -0.39 is 0 Å². The zero-order valence-corrected chi connectivity index (χ0v) is 13.5. The van der Waals surface area contributed by atoms with Crippen LogP contribution in [0.1, 0.15) is 26.8 Å². The Labute approximate surface area is 129 Å². The molecule has 1 aromatic carbocycles. The molecule has 0 aliphatic carbocycles. The molecule has 1 aromatic heterocycles. The summed E-state index contributed by atoms with van der Waals surface area (Å²) in [6.45, 7) is 9.39. The second-order valence-corrected chi connectivity index (χ2v) is 5.74. The summed E-state index contributed by atoms with van der Waals surface area (Å²) in [6.07, 6.45) is 0. The fourth-order valence-corrected chi connectivity index (χ4v) is 2.83. The third-order valence-electron chi connectivity index (χ3n) is 3.62. The molecule has 0 radical (unpaired) electrons. The number of hydrogen-bond acceptors (Lipinski definition) is 3. The Morgan fingerprint density at radius 2 is 1.85 bits per heavy atom. The van der Waals surface area contributed by atoms with Crippen LogP contribution in [-0.2, 0) is 0 Å². The lowest BCUT2D eigenvalue weighted by Crippen LogP contribution is -2.29. The lowest BCUT2D eigenvalue weighted by molar-refractivity contribution is 0.264. The number of likely N-dealkylation sites (N-methyl/N-ethyl adjacent to an activating group) is 1. The van der Waals surface area contributed by atoms with Gasteiger partial charge in [-0.05, 0) is 32.1 Å². The zero-order valence-electron chi connectivity index (χ0n) is 12.0. The summed E-state index contributed by atoms with van der Waals surface area (Å²) in [5.41, 5.74) is 7.77. The van der Waals surface area contributed by atoms with Gasteiger partial charge in [-0.1, -0.05) is 37.0 Å². The molecule has 0 aliphatic rings. The van der Waals surface area contributed by atoms with Crippen LogP contribution in [0, 0.1) is 0 Å². The van der Waals surface area contributed by atoms with E-state index in [4.69, 9.17) is 28.9 Å². The maximum atomic E-state index is 6.11. The van der Waals surface area contributed by atoms with Gasteiger partial charge in [0.05, 0.1) is 21.1 Å². The molecule has 2 rings (SSSR count). The van der Waals surface area contributed by atoms with Gasteiger partial charge in [0.25, 0.3) is 0 Å². The van der Waals surface area contributed by atoms with Crippen molar-refractivity contribution in [3.8, 4) is 0 Å². The second-order valence-electron chi connectivity index (χ2n) is 4.93. The molecule has 110 valence electrons. The summed E-state index contributed by atoms with van der Waals surface area (Å²) in [4.78, 5) is 6.73. The molecular weight excluding hydrogens is 295 g/mol. The molecule has 0 spiro atoms. The number of imidazole rings is 1. The van der Waals surface area contributed by atoms with E-state index in [9.17, 15) is 0 Å². The van der Waals surface area contributed by atoms with Crippen molar-refractivity contribution >= 4 is 40.2 Å². The molecular formula is C14H20Cl2N4. The Bertz CT molecular complexity index is 605. The van der Waals surface area contributed by atoms with E-state index >= 15 is 0 Å². The molecule has 2 aromatic rings. The average molecular weight is 315 g/mol. The number of benzene rings is 1. The van der Waals surface area contributed by atoms with E-state index in [0.717, 1.165) is 30.7 Å². The number of anilines is 1. The lowest BCUT2D eigenvalue weighted by atomic mass is 10.2. The number of rotatable bonds is 5. The van der Waals surface area contributed by atoms with E-state index in [0.29, 0.717) is 16.0 Å². The summed E-state index contributed by atoms with van der Waals surface area (Å²) in [6, 6.07) is 3.81. The first-order valence-electron chi connectivity index (χ1n) is 6.82. The number of nitrogen functional groups attached to an aromatic ring is 1. The van der Waals surface area contributed by atoms with Crippen molar-refractivity contribution in [2.45, 2.75) is 26.8 Å². The fourth-order valence-electron chi connectivity index (χ4n) is 2.51. The van der Waals surface area contributed by atoms with E-state index in [2.05, 4.69) is 30.7 Å². The Balaban J connectivity index is 2.42. The van der Waals surface area contributed by atoms with Gasteiger partial charge in [0.2, 0.25) is 5.95 Å². The van der Waals surface area contributed by atoms with Crippen LogP contribution in [0.25, 0.3) is 11.0 Å². The number of fused-ring (bicyclic) bond motifs is 1. The molecule has 6 heteroatoms. The van der Waals surface area contributed by atoms with Crippen molar-refractivity contribution in [1.82, 2.24) is 14.5 Å². The standard InChI is InChI=1S/C14H20Cl2N4/c1-4-19(5-2)8-9(3)20-13-7-11(16)10(15)6-12(13)18-14(20)17/h6-7,9H,4-5,8H2,1-3H3,(H2,17,18)/t9-/m1/s1. The Morgan fingerprint density at radius 1 is 1.25 bits per heavy atom. The van der Waals surface area contributed by atoms with Crippen molar-refractivity contribution in [2.75, 3.05) is 25.4 Å². The highest BCUT2D eigenvalue weighted by molar-refractivity contribution is 6.42. The van der Waals surface area contributed by atoms with Crippen LogP contribution < -0.4 is 5.73 Å². The highest BCUT2D eigenvalue weighted by Gasteiger charge is 2.17. The third kappa shape index (κ3) is 2.87. The van der Waals surface area contributed by atoms with E-state index in [-0.39, 0.29) is 6.04 Å². The van der Waals surface area contributed by atoms with E-state index in [1.54, 1.807) is 6.07 Å². The largest absolute Gasteiger partial charge is 0.369 e. The molecule has 1 heterocycles. The van der Waals surface area contributed by atoms with Crippen molar-refractivity contribution in [2.24, 2.45) is 0 Å². The Hall–Kier alpha value is -0.970. The zero-order chi connectivity index (χ0) is 14.9. The predicted molar refractivity (Wildman–Crippen MR) is 86.7 cm³/mol. The second kappa shape index (κ2) is 6.20. The molecule has 0 unspecified atom stereocenters. The Kier molecular flexibility index (Phi) is 4.78. The molecule has 2 N–H and O–H groups in total. The van der Waals surface area contributed by atoms with Gasteiger partial charge in [-0.25, -0.2) is 4.98 Å². The number of nitrogens with two attached hydrogens (primary N) is 1. The van der Waals surface area contributed by atoms with Crippen LogP contribution in [0.3, 0.4) is 0 Å². The lowest BCUT2D eigenvalue weighted by Gasteiger charge is -2.24. The highest BCUT2D eigenvalue weighted by atomic mass is 35.5. The molecule has 1 atom stereocenters. The minimum Gasteiger partial charge on any atom is -0.369 e. The van der Waals surface area contributed by atoms with E-state index in [1.807, 2.05) is 10.6 Å². The summed E-state index contributed by atoms with van der Waals surface area (Å²) < 4.78 is 2.02. The third-order valence-corrected chi connectivity index (χ3v) is 4.34. The van der Waals surface area contributed by atoms with Crippen molar-refractivity contribution in [1.29, 1.82) is 0 Å². The van der Waals surface area contributed by atoms with Gasteiger partial charge in [0.15, 0.2) is 0 Å². The summed E-state index contributed by atoms with van der Waals surface area (Å²) in [5.74, 6) is 0.498. The van der Waals surface area contributed by atoms with Crippen molar-refractivity contribution in [3.63, 3.8) is 0 Å². The topological polar surface area (TPSA) is 47.1 Å². The first-order valence-corrected chi connectivity index (χ1v) is 7.58. The quantitative estimate of drug-likeness (QED) is 0.912. The number of hydrogen-bond donors (Lipinski definition) is 1. The normalized spacial score (nSPS) is 13.3. The molecule has 0 saturated heterocycles. The maximum Gasteiger partial charge on any atom is 0.201 e. The SMILES string of the molecule is CCN(CC)C[C@@H](C)n1c(N)nc2cc(Cl)c(Cl)cc21. The van der Waals surface area contributed by atoms with Crippen LogP contribution >= 0.6 is 23.2 Å². The molecule has 0 fully saturated rings. The molecule has 0 amide bonds. The first kappa shape index (κ1) is 15.4. The van der Waals surface area contributed by atoms with Crippen LogP contribution in [0.2, 0.25) is 10.0 Å². The highest BCUT2D eigenvalue weighted by Crippen LogP contribution is 2.31. The van der Waals surface area contributed by atoms with Gasteiger partial charge in [0, 0.05) is 12.6 Å². The maximum absolute atomic E-state index is 6.11. The van der Waals surface area contributed by atoms with Gasteiger partial charge in [-0.3, -0.25) is 0 Å². The van der Waals surface area contributed by atoms with Crippen molar-refractivity contribution in [3.05, 3.63) is 22.2 Å². The molecule has 0 aliphatic heterocycles. The summed E-state index contributed by atoms with van der Waals surface area (Å²) in [7, 11) is 0. The van der Waals surface area contributed by atoms with Crippen LogP contribution in [0.4, 0.5) is 5.95 Å². The molecule has 0 bridgehead atoms. The fraction of sp³-hybridized carbons (Fsp3) is 0.500. The van der Waals surface area contributed by atoms with Gasteiger partial charge < -0.3 is 15.2 Å². The molecule has 0 saturated carbocycles. The smallest absolute Gasteiger partial charge is 0.201 e. The monoisotopic (exact) mass is 314 g/mol. The predicted octanol–water partition coefficient (Wildman–Crippen LogP) is 3.83. The molecule has 20 heavy (non-hydrogen) atoms. The number of halogens is 2. The minimum atomic E-state index is 0.220. The van der Waals surface area contributed by atoms with E-state index in [1.165, 1.54) is 0 Å².